The number of hydrazine groups is 2. The molecule has 9 nitrogen and oxygen atoms in total. The number of hydroxylamine groups is 2. The highest BCUT2D eigenvalue weighted by atomic mass is 16.7. The van der Waals surface area contributed by atoms with Crippen LogP contribution in [0.25, 0.3) is 0 Å². The summed E-state index contributed by atoms with van der Waals surface area (Å²) in [7, 11) is 4.52. The molecule has 1 aromatic rings. The Bertz CT molecular complexity index is 755. The van der Waals surface area contributed by atoms with E-state index in [0.29, 0.717) is 5.56 Å². The van der Waals surface area contributed by atoms with E-state index in [1.807, 2.05) is 13.0 Å². The zero-order valence-electron chi connectivity index (χ0n) is 15.1. The van der Waals surface area contributed by atoms with Crippen LogP contribution in [0.5, 0.6) is 0 Å². The van der Waals surface area contributed by atoms with Crippen molar-refractivity contribution in [3.05, 3.63) is 47.2 Å². The molecule has 1 aliphatic rings. The summed E-state index contributed by atoms with van der Waals surface area (Å²) in [5.74, 6) is -1.13. The molecular formula is C17H21N5O4. The standard InChI is InChI=1S/C17H21N5O4/c1-12-9-15(16(23)24)22(19(12)2)20(3)17(25)21(26-4)11-14-7-5-13(10-18)6-8-14/h5-9,12H,11H2,1-4H3,(H,23,24). The third-order valence-electron chi connectivity index (χ3n) is 4.13. The van der Waals surface area contributed by atoms with Crippen LogP contribution < -0.4 is 0 Å². The second-order valence-electron chi connectivity index (χ2n) is 5.79. The lowest BCUT2D eigenvalue weighted by Crippen LogP contribution is -2.54. The van der Waals surface area contributed by atoms with Crippen LogP contribution >= 0.6 is 0 Å². The van der Waals surface area contributed by atoms with E-state index in [1.165, 1.54) is 24.3 Å². The van der Waals surface area contributed by atoms with E-state index >= 15 is 0 Å². The van der Waals surface area contributed by atoms with Gasteiger partial charge in [0.2, 0.25) is 0 Å². The first-order valence-corrected chi connectivity index (χ1v) is 7.86. The summed E-state index contributed by atoms with van der Waals surface area (Å²) in [6, 6.07) is 8.07. The maximum absolute atomic E-state index is 12.8. The van der Waals surface area contributed by atoms with Crippen LogP contribution in [0, 0.1) is 11.3 Å². The highest BCUT2D eigenvalue weighted by Gasteiger charge is 2.37. The number of nitriles is 1. The molecule has 1 heterocycles. The quantitative estimate of drug-likeness (QED) is 0.793. The summed E-state index contributed by atoms with van der Waals surface area (Å²) in [6.07, 6.45) is 1.56. The first-order valence-electron chi connectivity index (χ1n) is 7.86. The molecule has 138 valence electrons. The smallest absolute Gasteiger partial charge is 0.363 e. The second-order valence-corrected chi connectivity index (χ2v) is 5.79. The molecule has 0 aliphatic carbocycles. The van der Waals surface area contributed by atoms with Crippen LogP contribution in [0.4, 0.5) is 4.79 Å². The molecule has 1 aliphatic heterocycles. The van der Waals surface area contributed by atoms with Crippen LogP contribution in [0.1, 0.15) is 18.1 Å². The van der Waals surface area contributed by atoms with E-state index in [4.69, 9.17) is 10.1 Å². The van der Waals surface area contributed by atoms with Crippen molar-refractivity contribution in [3.63, 3.8) is 0 Å². The Morgan fingerprint density at radius 2 is 1.96 bits per heavy atom. The first kappa shape index (κ1) is 19.2. The zero-order chi connectivity index (χ0) is 19.4. The lowest BCUT2D eigenvalue weighted by molar-refractivity contribution is -0.161. The van der Waals surface area contributed by atoms with Crippen LogP contribution in [-0.2, 0) is 16.2 Å². The predicted octanol–water partition coefficient (Wildman–Crippen LogP) is 1.41. The topological polar surface area (TPSA) is 100 Å². The predicted molar refractivity (Wildman–Crippen MR) is 91.7 cm³/mol. The van der Waals surface area contributed by atoms with Crippen LogP contribution in [0.15, 0.2) is 36.0 Å². The van der Waals surface area contributed by atoms with Gasteiger partial charge in [0.15, 0.2) is 5.70 Å². The minimum absolute atomic E-state index is 0.00900. The van der Waals surface area contributed by atoms with Gasteiger partial charge in [0.1, 0.15) is 0 Å². The van der Waals surface area contributed by atoms with Gasteiger partial charge in [-0.05, 0) is 30.7 Å². The van der Waals surface area contributed by atoms with Crippen molar-refractivity contribution >= 4 is 12.0 Å². The minimum Gasteiger partial charge on any atom is -0.476 e. The summed E-state index contributed by atoms with van der Waals surface area (Å²) < 4.78 is 0. The number of amides is 2. The van der Waals surface area contributed by atoms with Gasteiger partial charge in [-0.25, -0.2) is 19.7 Å². The number of carbonyl (C=O) groups is 2. The molecule has 26 heavy (non-hydrogen) atoms. The Labute approximate surface area is 151 Å². The average molecular weight is 359 g/mol. The monoisotopic (exact) mass is 359 g/mol. The number of hydrogen-bond donors (Lipinski definition) is 1. The number of carbonyl (C=O) groups excluding carboxylic acids is 1. The van der Waals surface area contributed by atoms with E-state index in [9.17, 15) is 14.7 Å². The van der Waals surface area contributed by atoms with E-state index in [1.54, 1.807) is 42.4 Å². The fraction of sp³-hybridized carbons (Fsp3) is 0.353. The summed E-state index contributed by atoms with van der Waals surface area (Å²) in [6.45, 7) is 1.97. The van der Waals surface area contributed by atoms with E-state index in [2.05, 4.69) is 0 Å². The Kier molecular flexibility index (Phi) is 5.82. The molecule has 0 spiro atoms. The highest BCUT2D eigenvalue weighted by Crippen LogP contribution is 2.23. The molecule has 2 amide bonds. The van der Waals surface area contributed by atoms with E-state index in [0.717, 1.165) is 10.6 Å². The molecule has 2 rings (SSSR count). The van der Waals surface area contributed by atoms with Crippen LogP contribution in [0.2, 0.25) is 0 Å². The number of urea groups is 1. The third-order valence-corrected chi connectivity index (χ3v) is 4.13. The van der Waals surface area contributed by atoms with Crippen LogP contribution in [0.3, 0.4) is 0 Å². The van der Waals surface area contributed by atoms with Gasteiger partial charge in [-0.1, -0.05) is 12.1 Å². The number of nitrogens with zero attached hydrogens (tertiary/aromatic N) is 5. The summed E-state index contributed by atoms with van der Waals surface area (Å²) >= 11 is 0. The summed E-state index contributed by atoms with van der Waals surface area (Å²) in [4.78, 5) is 29.4. The van der Waals surface area contributed by atoms with Crippen molar-refractivity contribution in [1.82, 2.24) is 20.2 Å². The van der Waals surface area contributed by atoms with Crippen molar-refractivity contribution in [2.75, 3.05) is 21.2 Å². The zero-order valence-corrected chi connectivity index (χ0v) is 15.1. The van der Waals surface area contributed by atoms with Crippen LogP contribution in [-0.4, -0.2) is 64.6 Å². The maximum Gasteiger partial charge on any atom is 0.363 e. The summed E-state index contributed by atoms with van der Waals surface area (Å²) in [5.41, 5.74) is 1.28. The van der Waals surface area contributed by atoms with Gasteiger partial charge in [-0.2, -0.15) is 15.3 Å². The fourth-order valence-electron chi connectivity index (χ4n) is 2.58. The Hall–Kier alpha value is -3.09. The Morgan fingerprint density at radius 3 is 2.46 bits per heavy atom. The molecule has 1 aromatic carbocycles. The fourth-order valence-corrected chi connectivity index (χ4v) is 2.58. The molecule has 1 unspecified atom stereocenters. The minimum atomic E-state index is -1.13. The van der Waals surface area contributed by atoms with Crippen molar-refractivity contribution in [2.24, 2.45) is 0 Å². The van der Waals surface area contributed by atoms with Gasteiger partial charge in [-0.3, -0.25) is 4.84 Å². The van der Waals surface area contributed by atoms with Gasteiger partial charge in [0, 0.05) is 20.1 Å². The number of likely N-dealkylation sites (N-methyl/N-ethyl adjacent to an activating group) is 1. The number of benzene rings is 1. The molecule has 0 bridgehead atoms. The number of aliphatic carboxylic acids is 1. The molecule has 0 aromatic heterocycles. The molecule has 1 N–H and O–H groups in total. The Balaban J connectivity index is 2.17. The lowest BCUT2D eigenvalue weighted by Gasteiger charge is -2.38. The van der Waals surface area contributed by atoms with Gasteiger partial charge < -0.3 is 5.11 Å². The molecular weight excluding hydrogens is 338 g/mol. The van der Waals surface area contributed by atoms with Gasteiger partial charge in [-0.15, -0.1) is 0 Å². The maximum atomic E-state index is 12.8. The Morgan fingerprint density at radius 1 is 1.35 bits per heavy atom. The van der Waals surface area contributed by atoms with Crippen molar-refractivity contribution in [2.45, 2.75) is 19.5 Å². The SMILES string of the molecule is CON(Cc1ccc(C#N)cc1)C(=O)N(C)N1C(C(=O)O)=CC(C)N1C. The van der Waals surface area contributed by atoms with Crippen molar-refractivity contribution < 1.29 is 19.5 Å². The van der Waals surface area contributed by atoms with E-state index in [-0.39, 0.29) is 18.3 Å². The number of hydrogen-bond acceptors (Lipinski definition) is 6. The average Bonchev–Trinajstić information content (AvgIpc) is 2.94. The summed E-state index contributed by atoms with van der Waals surface area (Å²) in [5, 5.41) is 23.4. The van der Waals surface area contributed by atoms with E-state index < -0.39 is 12.0 Å². The van der Waals surface area contributed by atoms with Gasteiger partial charge in [0.05, 0.1) is 25.3 Å². The van der Waals surface area contributed by atoms with Crippen molar-refractivity contribution in [3.8, 4) is 6.07 Å². The normalized spacial score (nSPS) is 16.8. The molecule has 1 atom stereocenters. The lowest BCUT2D eigenvalue weighted by atomic mass is 10.1. The molecule has 0 fully saturated rings. The molecule has 0 saturated heterocycles. The molecule has 0 saturated carbocycles. The van der Waals surface area contributed by atoms with Gasteiger partial charge in [0.25, 0.3) is 0 Å². The number of carboxylic acids is 1. The molecule has 9 heteroatoms. The number of carboxylic acid groups (broad SMARTS) is 1. The first-order chi connectivity index (χ1) is 12.3. The largest absolute Gasteiger partial charge is 0.476 e. The second kappa shape index (κ2) is 7.86. The third kappa shape index (κ3) is 3.77. The van der Waals surface area contributed by atoms with Crippen molar-refractivity contribution in [1.29, 1.82) is 5.26 Å². The van der Waals surface area contributed by atoms with Gasteiger partial charge >= 0.3 is 12.0 Å². The number of rotatable bonds is 5. The molecule has 0 radical (unpaired) electrons. The highest BCUT2D eigenvalue weighted by molar-refractivity contribution is 5.87.